The quantitative estimate of drug-likeness (QED) is 0.233. The van der Waals surface area contributed by atoms with Crippen LogP contribution in [0, 0.1) is 5.92 Å². The largest absolute Gasteiger partial charge is 0.373 e. The van der Waals surface area contributed by atoms with Gasteiger partial charge in [-0.25, -0.2) is 0 Å². The van der Waals surface area contributed by atoms with Gasteiger partial charge in [0.2, 0.25) is 0 Å². The van der Waals surface area contributed by atoms with Gasteiger partial charge in [0.15, 0.2) is 5.79 Å². The van der Waals surface area contributed by atoms with Gasteiger partial charge in [-0.1, -0.05) is 58.3 Å². The second-order valence-electron chi connectivity index (χ2n) is 6.92. The van der Waals surface area contributed by atoms with Crippen LogP contribution in [-0.4, -0.2) is 32.7 Å². The molecule has 0 aromatic rings. The highest BCUT2D eigenvalue weighted by atomic mass is 16.7. The molecule has 1 heterocycles. The highest BCUT2D eigenvalue weighted by Crippen LogP contribution is 2.32. The van der Waals surface area contributed by atoms with Crippen molar-refractivity contribution in [1.29, 1.82) is 0 Å². The van der Waals surface area contributed by atoms with Crippen molar-refractivity contribution in [2.75, 3.05) is 20.8 Å². The summed E-state index contributed by atoms with van der Waals surface area (Å²) in [7, 11) is 3.55. The van der Waals surface area contributed by atoms with Crippen molar-refractivity contribution in [3.05, 3.63) is 0 Å². The van der Waals surface area contributed by atoms with Gasteiger partial charge in [-0.3, -0.25) is 0 Å². The Morgan fingerprint density at radius 2 is 1.50 bits per heavy atom. The molecule has 0 amide bonds. The number of rotatable bonds is 15. The number of hydrogen-bond acceptors (Lipinski definition) is 3. The zero-order valence-corrected chi connectivity index (χ0v) is 15.4. The summed E-state index contributed by atoms with van der Waals surface area (Å²) in [6.07, 6.45) is 14.8. The molecule has 132 valence electrons. The van der Waals surface area contributed by atoms with Crippen molar-refractivity contribution in [1.82, 2.24) is 0 Å². The van der Waals surface area contributed by atoms with E-state index >= 15 is 0 Å². The predicted octanol–water partition coefficient (Wildman–Crippen LogP) is 5.32. The van der Waals surface area contributed by atoms with E-state index in [1.807, 2.05) is 0 Å². The Bertz CT molecular complexity index is 259. The topological polar surface area (TPSA) is 31.0 Å². The van der Waals surface area contributed by atoms with Crippen LogP contribution in [0.3, 0.4) is 0 Å². The van der Waals surface area contributed by atoms with Crippen LogP contribution in [0.25, 0.3) is 0 Å². The minimum atomic E-state index is -0.431. The fourth-order valence-corrected chi connectivity index (χ4v) is 3.25. The van der Waals surface area contributed by atoms with E-state index in [2.05, 4.69) is 13.8 Å². The van der Waals surface area contributed by atoms with E-state index in [0.29, 0.717) is 12.0 Å². The van der Waals surface area contributed by atoms with Crippen LogP contribution >= 0.6 is 0 Å². The summed E-state index contributed by atoms with van der Waals surface area (Å²) in [4.78, 5) is 0. The lowest BCUT2D eigenvalue weighted by Crippen LogP contribution is -2.39. The third kappa shape index (κ3) is 7.94. The van der Waals surface area contributed by atoms with Gasteiger partial charge >= 0.3 is 0 Å². The van der Waals surface area contributed by atoms with Crippen molar-refractivity contribution >= 4 is 0 Å². The predicted molar refractivity (Wildman–Crippen MR) is 92.1 cm³/mol. The lowest BCUT2D eigenvalue weighted by Gasteiger charge is -2.35. The first-order valence-corrected chi connectivity index (χ1v) is 9.38. The van der Waals surface area contributed by atoms with Gasteiger partial charge in [0.05, 0.1) is 12.7 Å². The van der Waals surface area contributed by atoms with E-state index < -0.39 is 5.79 Å². The first-order valence-electron chi connectivity index (χ1n) is 9.38. The van der Waals surface area contributed by atoms with Gasteiger partial charge in [-0.05, 0) is 26.2 Å². The summed E-state index contributed by atoms with van der Waals surface area (Å²) < 4.78 is 16.7. The zero-order valence-electron chi connectivity index (χ0n) is 15.4. The minimum Gasteiger partial charge on any atom is -0.373 e. The summed E-state index contributed by atoms with van der Waals surface area (Å²) in [5, 5.41) is 0. The normalized spacial score (nSPS) is 19.4. The second-order valence-corrected chi connectivity index (χ2v) is 6.92. The van der Waals surface area contributed by atoms with Crippen molar-refractivity contribution in [2.24, 2.45) is 5.92 Å². The molecule has 2 atom stereocenters. The van der Waals surface area contributed by atoms with E-state index in [1.54, 1.807) is 14.2 Å². The average molecular weight is 315 g/mol. The second kappa shape index (κ2) is 11.4. The molecule has 1 aliphatic heterocycles. The van der Waals surface area contributed by atoms with Crippen LogP contribution < -0.4 is 0 Å². The van der Waals surface area contributed by atoms with Crippen LogP contribution in [0.2, 0.25) is 0 Å². The lowest BCUT2D eigenvalue weighted by molar-refractivity contribution is -0.230. The Labute approximate surface area is 138 Å². The van der Waals surface area contributed by atoms with E-state index in [-0.39, 0.29) is 0 Å². The van der Waals surface area contributed by atoms with Gasteiger partial charge < -0.3 is 14.2 Å². The number of hydrogen-bond donors (Lipinski definition) is 0. The van der Waals surface area contributed by atoms with Gasteiger partial charge in [0, 0.05) is 20.1 Å². The van der Waals surface area contributed by atoms with Crippen LogP contribution in [0.5, 0.6) is 0 Å². The SMILES string of the molecule is CCCCCCCCC(CCCCC1CO1)C(C)(OC)OC. The fraction of sp³-hybridized carbons (Fsp3) is 1.00. The standard InChI is InChI=1S/C19H38O3/c1-5-6-7-8-9-10-13-17(19(2,20-3)21-4)14-11-12-15-18-16-22-18/h17-18H,5-16H2,1-4H3. The minimum absolute atomic E-state index is 0.431. The maximum absolute atomic E-state index is 5.69. The summed E-state index contributed by atoms with van der Waals surface area (Å²) in [5.41, 5.74) is 0. The molecule has 0 aromatic heterocycles. The van der Waals surface area contributed by atoms with E-state index in [4.69, 9.17) is 14.2 Å². The molecule has 1 aliphatic rings. The Kier molecular flexibility index (Phi) is 10.3. The maximum atomic E-state index is 5.69. The molecular formula is C19H38O3. The summed E-state index contributed by atoms with van der Waals surface area (Å²) in [5.74, 6) is 0.0632. The van der Waals surface area contributed by atoms with E-state index in [1.165, 1.54) is 70.6 Å². The zero-order chi connectivity index (χ0) is 16.3. The first kappa shape index (κ1) is 19.9. The Balaban J connectivity index is 2.26. The molecule has 3 nitrogen and oxygen atoms in total. The van der Waals surface area contributed by atoms with Gasteiger partial charge in [0.1, 0.15) is 0 Å². The van der Waals surface area contributed by atoms with Crippen molar-refractivity contribution in [3.8, 4) is 0 Å². The molecule has 1 fully saturated rings. The van der Waals surface area contributed by atoms with Gasteiger partial charge in [0.25, 0.3) is 0 Å². The Morgan fingerprint density at radius 1 is 0.955 bits per heavy atom. The van der Waals surface area contributed by atoms with E-state index in [0.717, 1.165) is 6.61 Å². The van der Waals surface area contributed by atoms with Crippen LogP contribution in [0.15, 0.2) is 0 Å². The first-order chi connectivity index (χ1) is 10.7. The summed E-state index contributed by atoms with van der Waals surface area (Å²) in [6, 6.07) is 0. The molecule has 0 saturated carbocycles. The monoisotopic (exact) mass is 314 g/mol. The van der Waals surface area contributed by atoms with Crippen LogP contribution in [0.4, 0.5) is 0 Å². The third-order valence-corrected chi connectivity index (χ3v) is 5.19. The lowest BCUT2D eigenvalue weighted by atomic mass is 9.87. The number of unbranched alkanes of at least 4 members (excludes halogenated alkanes) is 6. The number of epoxide rings is 1. The molecule has 0 radical (unpaired) electrons. The molecule has 1 saturated heterocycles. The Morgan fingerprint density at radius 3 is 2.05 bits per heavy atom. The average Bonchev–Trinajstić information content (AvgIpc) is 3.36. The molecule has 0 aliphatic carbocycles. The van der Waals surface area contributed by atoms with Crippen molar-refractivity contribution in [3.63, 3.8) is 0 Å². The summed E-state index contributed by atoms with van der Waals surface area (Å²) >= 11 is 0. The smallest absolute Gasteiger partial charge is 0.167 e. The highest BCUT2D eigenvalue weighted by Gasteiger charge is 2.33. The highest BCUT2D eigenvalue weighted by molar-refractivity contribution is 4.76. The molecule has 2 unspecified atom stereocenters. The Hall–Kier alpha value is -0.120. The molecule has 0 bridgehead atoms. The van der Waals surface area contributed by atoms with Gasteiger partial charge in [-0.2, -0.15) is 0 Å². The van der Waals surface area contributed by atoms with Crippen molar-refractivity contribution in [2.45, 2.75) is 96.4 Å². The van der Waals surface area contributed by atoms with Crippen LogP contribution in [0.1, 0.15) is 84.5 Å². The summed E-state index contributed by atoms with van der Waals surface area (Å²) in [6.45, 7) is 5.35. The molecule has 0 aromatic carbocycles. The molecule has 22 heavy (non-hydrogen) atoms. The van der Waals surface area contributed by atoms with Crippen LogP contribution in [-0.2, 0) is 14.2 Å². The number of methoxy groups -OCH3 is 2. The van der Waals surface area contributed by atoms with E-state index in [9.17, 15) is 0 Å². The molecular weight excluding hydrogens is 276 g/mol. The molecule has 1 rings (SSSR count). The molecule has 0 spiro atoms. The maximum Gasteiger partial charge on any atom is 0.167 e. The van der Waals surface area contributed by atoms with Crippen molar-refractivity contribution < 1.29 is 14.2 Å². The van der Waals surface area contributed by atoms with Gasteiger partial charge in [-0.15, -0.1) is 0 Å². The third-order valence-electron chi connectivity index (χ3n) is 5.19. The molecule has 0 N–H and O–H groups in total. The number of ether oxygens (including phenoxy) is 3. The fourth-order valence-electron chi connectivity index (χ4n) is 3.25. The molecule has 3 heteroatoms.